The van der Waals surface area contributed by atoms with Gasteiger partial charge in [-0.05, 0) is 54.8 Å². The molecule has 0 atom stereocenters. The molecule has 0 radical (unpaired) electrons. The van der Waals surface area contributed by atoms with E-state index in [0.29, 0.717) is 19.1 Å². The molecule has 0 N–H and O–H groups in total. The molecule has 0 saturated carbocycles. The molecule has 4 rings (SSSR count). The molecule has 2 aromatic rings. The topological polar surface area (TPSA) is 38.8 Å². The lowest BCUT2D eigenvalue weighted by Crippen LogP contribution is -2.41. The van der Waals surface area contributed by atoms with E-state index in [-0.39, 0.29) is 12.2 Å². The van der Waals surface area contributed by atoms with Crippen molar-refractivity contribution in [2.24, 2.45) is 5.92 Å². The van der Waals surface area contributed by atoms with Crippen LogP contribution in [0.3, 0.4) is 0 Å². The van der Waals surface area contributed by atoms with Gasteiger partial charge < -0.3 is 14.4 Å². The maximum Gasteiger partial charge on any atom is 0.253 e. The average molecular weight is 418 g/mol. The minimum atomic E-state index is -0.0744. The Kier molecular flexibility index (Phi) is 6.58. The fourth-order valence-electron chi connectivity index (χ4n) is 3.65. The van der Waals surface area contributed by atoms with Gasteiger partial charge in [-0.2, -0.15) is 0 Å². The number of amides is 1. The number of hydrogen-bond acceptors (Lipinski definition) is 4. The summed E-state index contributed by atoms with van der Waals surface area (Å²) in [6, 6.07) is 15.8. The predicted molar refractivity (Wildman–Crippen MR) is 112 cm³/mol. The van der Waals surface area contributed by atoms with Crippen LogP contribution in [0.25, 0.3) is 0 Å². The van der Waals surface area contributed by atoms with E-state index >= 15 is 0 Å². The number of ether oxygens (including phenoxy) is 2. The molecule has 148 valence electrons. The molecule has 1 amide bonds. The molecule has 2 aliphatic heterocycles. The maximum absolute atomic E-state index is 12.8. The molecule has 2 fully saturated rings. The molecule has 6 heteroatoms. The monoisotopic (exact) mass is 417 g/mol. The number of carbonyl (C=O) groups is 1. The van der Waals surface area contributed by atoms with Crippen molar-refractivity contribution in [3.8, 4) is 0 Å². The fourth-order valence-corrected chi connectivity index (χ4v) is 4.63. The lowest BCUT2D eigenvalue weighted by molar-refractivity contribution is -0.0956. The number of piperidine rings is 1. The third-order valence-corrected chi connectivity index (χ3v) is 6.61. The predicted octanol–water partition coefficient (Wildman–Crippen LogP) is 4.86. The molecule has 28 heavy (non-hydrogen) atoms. The standard InChI is InChI=1S/C22H24ClNO3S/c23-19-5-7-20(8-6-19)28-15-16-1-3-17(4-2-16)21(25)24-11-9-18(10-12-24)22-26-13-14-27-22/h1-8,18,22H,9-15H2. The van der Waals surface area contributed by atoms with E-state index in [1.165, 1.54) is 10.5 Å². The summed E-state index contributed by atoms with van der Waals surface area (Å²) in [5.74, 6) is 1.38. The van der Waals surface area contributed by atoms with Gasteiger partial charge in [0.05, 0.1) is 13.2 Å². The SMILES string of the molecule is O=C(c1ccc(CSc2ccc(Cl)cc2)cc1)N1CCC(C2OCCO2)CC1. The fraction of sp³-hybridized carbons (Fsp3) is 0.409. The lowest BCUT2D eigenvalue weighted by Gasteiger charge is -2.33. The van der Waals surface area contributed by atoms with Gasteiger partial charge in [0, 0.05) is 40.2 Å². The minimum Gasteiger partial charge on any atom is -0.350 e. The molecule has 2 aliphatic rings. The number of likely N-dealkylation sites (tertiary alicyclic amines) is 1. The third kappa shape index (κ3) is 4.90. The van der Waals surface area contributed by atoms with Gasteiger partial charge >= 0.3 is 0 Å². The lowest BCUT2D eigenvalue weighted by atomic mass is 9.95. The number of thioether (sulfide) groups is 1. The molecular formula is C22H24ClNO3S. The van der Waals surface area contributed by atoms with E-state index in [0.717, 1.165) is 42.3 Å². The van der Waals surface area contributed by atoms with Crippen LogP contribution in [-0.2, 0) is 15.2 Å². The highest BCUT2D eigenvalue weighted by molar-refractivity contribution is 7.98. The highest BCUT2D eigenvalue weighted by Gasteiger charge is 2.31. The van der Waals surface area contributed by atoms with Gasteiger partial charge in [0.1, 0.15) is 0 Å². The van der Waals surface area contributed by atoms with Crippen molar-refractivity contribution in [2.75, 3.05) is 26.3 Å². The molecule has 0 unspecified atom stereocenters. The Bertz CT molecular complexity index is 782. The van der Waals surface area contributed by atoms with E-state index in [2.05, 4.69) is 0 Å². The molecule has 0 bridgehead atoms. The summed E-state index contributed by atoms with van der Waals surface area (Å²) in [4.78, 5) is 15.9. The van der Waals surface area contributed by atoms with Crippen molar-refractivity contribution in [3.05, 3.63) is 64.7 Å². The van der Waals surface area contributed by atoms with Crippen LogP contribution in [0.5, 0.6) is 0 Å². The first kappa shape index (κ1) is 19.8. The molecule has 2 aromatic carbocycles. The number of nitrogens with zero attached hydrogens (tertiary/aromatic N) is 1. The first-order chi connectivity index (χ1) is 13.7. The normalized spacial score (nSPS) is 18.5. The summed E-state index contributed by atoms with van der Waals surface area (Å²) < 4.78 is 11.2. The largest absolute Gasteiger partial charge is 0.350 e. The van der Waals surface area contributed by atoms with Crippen molar-refractivity contribution in [1.82, 2.24) is 4.90 Å². The Balaban J connectivity index is 1.28. The number of rotatable bonds is 5. The van der Waals surface area contributed by atoms with Gasteiger partial charge in [-0.25, -0.2) is 0 Å². The van der Waals surface area contributed by atoms with Gasteiger partial charge in [0.25, 0.3) is 5.91 Å². The summed E-state index contributed by atoms with van der Waals surface area (Å²) in [6.45, 7) is 2.90. The summed E-state index contributed by atoms with van der Waals surface area (Å²) in [6.07, 6.45) is 1.80. The Morgan fingerprint density at radius 3 is 2.29 bits per heavy atom. The van der Waals surface area contributed by atoms with Crippen LogP contribution < -0.4 is 0 Å². The number of benzene rings is 2. The molecule has 0 aliphatic carbocycles. The zero-order chi connectivity index (χ0) is 19.3. The van der Waals surface area contributed by atoms with E-state index in [1.54, 1.807) is 11.8 Å². The zero-order valence-corrected chi connectivity index (χ0v) is 17.3. The smallest absolute Gasteiger partial charge is 0.253 e. The third-order valence-electron chi connectivity index (χ3n) is 5.28. The van der Waals surface area contributed by atoms with Gasteiger partial charge in [-0.15, -0.1) is 11.8 Å². The molecule has 0 spiro atoms. The second-order valence-electron chi connectivity index (χ2n) is 7.18. The second kappa shape index (κ2) is 9.31. The minimum absolute atomic E-state index is 0.0744. The van der Waals surface area contributed by atoms with Crippen molar-refractivity contribution >= 4 is 29.3 Å². The average Bonchev–Trinajstić information content (AvgIpc) is 3.28. The second-order valence-corrected chi connectivity index (χ2v) is 8.66. The Morgan fingerprint density at radius 1 is 1.00 bits per heavy atom. The van der Waals surface area contributed by atoms with Crippen LogP contribution >= 0.6 is 23.4 Å². The van der Waals surface area contributed by atoms with Crippen LogP contribution in [0.2, 0.25) is 5.02 Å². The highest BCUT2D eigenvalue weighted by Crippen LogP contribution is 2.27. The van der Waals surface area contributed by atoms with Crippen LogP contribution in [0, 0.1) is 5.92 Å². The number of carbonyl (C=O) groups excluding carboxylic acids is 1. The van der Waals surface area contributed by atoms with Gasteiger partial charge in [-0.3, -0.25) is 4.79 Å². The molecule has 4 nitrogen and oxygen atoms in total. The quantitative estimate of drug-likeness (QED) is 0.651. The Morgan fingerprint density at radius 2 is 1.64 bits per heavy atom. The highest BCUT2D eigenvalue weighted by atomic mass is 35.5. The van der Waals surface area contributed by atoms with Crippen LogP contribution in [0.4, 0.5) is 0 Å². The van der Waals surface area contributed by atoms with Crippen molar-refractivity contribution in [1.29, 1.82) is 0 Å². The molecule has 2 heterocycles. The van der Waals surface area contributed by atoms with E-state index < -0.39 is 0 Å². The van der Waals surface area contributed by atoms with Crippen molar-refractivity contribution in [3.63, 3.8) is 0 Å². The van der Waals surface area contributed by atoms with E-state index in [9.17, 15) is 4.79 Å². The zero-order valence-electron chi connectivity index (χ0n) is 15.7. The summed E-state index contributed by atoms with van der Waals surface area (Å²) in [5.41, 5.74) is 1.96. The number of hydrogen-bond donors (Lipinski definition) is 0. The first-order valence-electron chi connectivity index (χ1n) is 9.69. The Labute approximate surface area is 175 Å². The Hall–Kier alpha value is -1.53. The summed E-state index contributed by atoms with van der Waals surface area (Å²) >= 11 is 7.68. The van der Waals surface area contributed by atoms with Crippen LogP contribution in [-0.4, -0.2) is 43.4 Å². The van der Waals surface area contributed by atoms with Gasteiger partial charge in [0.15, 0.2) is 6.29 Å². The molecule has 2 saturated heterocycles. The molecular weight excluding hydrogens is 394 g/mol. The van der Waals surface area contributed by atoms with Crippen LogP contribution in [0.1, 0.15) is 28.8 Å². The van der Waals surface area contributed by atoms with Crippen LogP contribution in [0.15, 0.2) is 53.4 Å². The van der Waals surface area contributed by atoms with Gasteiger partial charge in [0.2, 0.25) is 0 Å². The number of halogens is 1. The first-order valence-corrected chi connectivity index (χ1v) is 11.1. The van der Waals surface area contributed by atoms with E-state index in [1.807, 2.05) is 53.4 Å². The summed E-state index contributed by atoms with van der Waals surface area (Å²) in [5, 5.41) is 0.750. The van der Waals surface area contributed by atoms with E-state index in [4.69, 9.17) is 21.1 Å². The van der Waals surface area contributed by atoms with Crippen molar-refractivity contribution < 1.29 is 14.3 Å². The van der Waals surface area contributed by atoms with Gasteiger partial charge in [-0.1, -0.05) is 23.7 Å². The summed E-state index contributed by atoms with van der Waals surface area (Å²) in [7, 11) is 0. The maximum atomic E-state index is 12.8. The van der Waals surface area contributed by atoms with Crippen molar-refractivity contribution in [2.45, 2.75) is 29.8 Å². The molecule has 0 aromatic heterocycles.